The van der Waals surface area contributed by atoms with Crippen molar-refractivity contribution < 1.29 is 14.4 Å². The van der Waals surface area contributed by atoms with Crippen molar-refractivity contribution in [3.63, 3.8) is 0 Å². The molecule has 0 aliphatic carbocycles. The van der Waals surface area contributed by atoms with E-state index in [-0.39, 0.29) is 12.6 Å². The highest BCUT2D eigenvalue weighted by molar-refractivity contribution is 5.90. The number of rotatable bonds is 5. The Morgan fingerprint density at radius 1 is 1.41 bits per heavy atom. The Morgan fingerprint density at radius 3 is 2.82 bits per heavy atom. The number of nitrogens with zero attached hydrogens (tertiary/aromatic N) is 2. The summed E-state index contributed by atoms with van der Waals surface area (Å²) in [6, 6.07) is 6.84. The molecule has 2 amide bonds. The van der Waals surface area contributed by atoms with Crippen molar-refractivity contribution in [2.45, 2.75) is 32.7 Å². The number of urea groups is 1. The van der Waals surface area contributed by atoms with Gasteiger partial charge in [-0.1, -0.05) is 17.3 Å². The molecule has 0 aliphatic rings. The third-order valence-electron chi connectivity index (χ3n) is 3.09. The van der Waals surface area contributed by atoms with Gasteiger partial charge in [0.25, 0.3) is 0 Å². The molecule has 7 heteroatoms. The number of hydrogen-bond donors (Lipinski definition) is 3. The van der Waals surface area contributed by atoms with Crippen molar-refractivity contribution in [2.75, 3.05) is 11.9 Å². The van der Waals surface area contributed by atoms with E-state index in [1.54, 1.807) is 25.1 Å². The fraction of sp³-hybridized carbons (Fsp3) is 0.400. The minimum atomic E-state index is -0.485. The largest absolute Gasteiger partial charge is 0.396 e. The van der Waals surface area contributed by atoms with E-state index in [1.807, 2.05) is 19.9 Å². The summed E-state index contributed by atoms with van der Waals surface area (Å²) >= 11 is 0. The van der Waals surface area contributed by atoms with Gasteiger partial charge in [-0.2, -0.15) is 4.98 Å². The van der Waals surface area contributed by atoms with Crippen LogP contribution >= 0.6 is 0 Å². The summed E-state index contributed by atoms with van der Waals surface area (Å²) in [5, 5.41) is 18.4. The van der Waals surface area contributed by atoms with Crippen LogP contribution in [0.5, 0.6) is 0 Å². The van der Waals surface area contributed by atoms with Gasteiger partial charge in [0.2, 0.25) is 11.7 Å². The maximum atomic E-state index is 12.0. The van der Waals surface area contributed by atoms with Crippen molar-refractivity contribution in [2.24, 2.45) is 0 Å². The molecule has 7 nitrogen and oxygen atoms in total. The van der Waals surface area contributed by atoms with Gasteiger partial charge < -0.3 is 20.3 Å². The van der Waals surface area contributed by atoms with E-state index in [9.17, 15) is 4.79 Å². The Kier molecular flexibility index (Phi) is 4.77. The molecule has 1 heterocycles. The molecule has 0 saturated heterocycles. The highest BCUT2D eigenvalue weighted by Gasteiger charge is 2.19. The van der Waals surface area contributed by atoms with Crippen molar-refractivity contribution in [3.05, 3.63) is 30.2 Å². The smallest absolute Gasteiger partial charge is 0.319 e. The maximum Gasteiger partial charge on any atom is 0.319 e. The topological polar surface area (TPSA) is 100 Å². The zero-order valence-electron chi connectivity index (χ0n) is 12.9. The van der Waals surface area contributed by atoms with Crippen LogP contribution in [0.3, 0.4) is 0 Å². The second-order valence-electron chi connectivity index (χ2n) is 5.65. The van der Waals surface area contributed by atoms with Gasteiger partial charge in [0.05, 0.1) is 0 Å². The number of aromatic nitrogens is 2. The molecule has 3 N–H and O–H groups in total. The van der Waals surface area contributed by atoms with E-state index in [0.717, 1.165) is 5.56 Å². The van der Waals surface area contributed by atoms with Crippen LogP contribution in [0.15, 0.2) is 28.8 Å². The van der Waals surface area contributed by atoms with Crippen molar-refractivity contribution in [1.82, 2.24) is 15.5 Å². The van der Waals surface area contributed by atoms with Gasteiger partial charge in [-0.25, -0.2) is 4.79 Å². The van der Waals surface area contributed by atoms with Crippen LogP contribution < -0.4 is 10.6 Å². The van der Waals surface area contributed by atoms with E-state index in [4.69, 9.17) is 9.63 Å². The Bertz CT molecular complexity index is 652. The van der Waals surface area contributed by atoms with E-state index in [0.29, 0.717) is 23.8 Å². The van der Waals surface area contributed by atoms with Crippen LogP contribution in [0.4, 0.5) is 10.5 Å². The third-order valence-corrected chi connectivity index (χ3v) is 3.09. The summed E-state index contributed by atoms with van der Waals surface area (Å²) in [7, 11) is 0. The van der Waals surface area contributed by atoms with E-state index in [2.05, 4.69) is 20.8 Å². The highest BCUT2D eigenvalue weighted by Crippen LogP contribution is 2.20. The summed E-state index contributed by atoms with van der Waals surface area (Å²) < 4.78 is 4.95. The number of carbonyl (C=O) groups excluding carboxylic acids is 1. The molecule has 0 atom stereocenters. The molecule has 0 radical (unpaired) electrons. The zero-order chi connectivity index (χ0) is 16.2. The Balaban J connectivity index is 2.06. The van der Waals surface area contributed by atoms with E-state index < -0.39 is 5.54 Å². The number of carbonyl (C=O) groups is 1. The number of amides is 2. The van der Waals surface area contributed by atoms with Gasteiger partial charge in [-0.3, -0.25) is 0 Å². The van der Waals surface area contributed by atoms with Crippen LogP contribution in [-0.2, 0) is 0 Å². The molecule has 1 aromatic carbocycles. The number of aryl methyl sites for hydroxylation is 1. The van der Waals surface area contributed by atoms with Crippen LogP contribution in [-0.4, -0.2) is 33.4 Å². The molecule has 2 rings (SSSR count). The molecule has 2 aromatic rings. The van der Waals surface area contributed by atoms with Gasteiger partial charge in [0.1, 0.15) is 0 Å². The fourth-order valence-electron chi connectivity index (χ4n) is 1.96. The number of aliphatic hydroxyl groups is 1. The predicted octanol–water partition coefficient (Wildman–Crippen LogP) is 2.33. The lowest BCUT2D eigenvalue weighted by atomic mass is 10.0. The van der Waals surface area contributed by atoms with Gasteiger partial charge in [0, 0.05) is 30.3 Å². The normalized spacial score (nSPS) is 11.3. The van der Waals surface area contributed by atoms with Crippen LogP contribution in [0, 0.1) is 6.92 Å². The Hall–Kier alpha value is -2.41. The summed E-state index contributed by atoms with van der Waals surface area (Å²) in [5.74, 6) is 0.957. The maximum absolute atomic E-state index is 12.0. The van der Waals surface area contributed by atoms with E-state index in [1.165, 1.54) is 0 Å². The Morgan fingerprint density at radius 2 is 2.18 bits per heavy atom. The summed E-state index contributed by atoms with van der Waals surface area (Å²) in [5.41, 5.74) is 0.892. The SMILES string of the molecule is Cc1nc(-c2cccc(NC(=O)NC(C)(C)CCO)c2)no1. The first-order chi connectivity index (χ1) is 10.4. The molecule has 1 aromatic heterocycles. The molecule has 22 heavy (non-hydrogen) atoms. The highest BCUT2D eigenvalue weighted by atomic mass is 16.5. The number of benzene rings is 1. The first kappa shape index (κ1) is 16.0. The van der Waals surface area contributed by atoms with Gasteiger partial charge in [0.15, 0.2) is 0 Å². The van der Waals surface area contributed by atoms with E-state index >= 15 is 0 Å². The lowest BCUT2D eigenvalue weighted by Crippen LogP contribution is -2.46. The number of aliphatic hydroxyl groups excluding tert-OH is 1. The molecule has 0 unspecified atom stereocenters. The number of nitrogens with one attached hydrogen (secondary N) is 2. The Labute approximate surface area is 128 Å². The van der Waals surface area contributed by atoms with Crippen LogP contribution in [0.1, 0.15) is 26.2 Å². The second-order valence-corrected chi connectivity index (χ2v) is 5.65. The lowest BCUT2D eigenvalue weighted by Gasteiger charge is -2.25. The number of hydrogen-bond acceptors (Lipinski definition) is 5. The summed E-state index contributed by atoms with van der Waals surface area (Å²) in [6.45, 7) is 5.43. The molecule has 118 valence electrons. The molecular weight excluding hydrogens is 284 g/mol. The average molecular weight is 304 g/mol. The van der Waals surface area contributed by atoms with Gasteiger partial charge >= 0.3 is 6.03 Å². The van der Waals surface area contributed by atoms with Gasteiger partial charge in [-0.15, -0.1) is 0 Å². The third kappa shape index (κ3) is 4.29. The predicted molar refractivity (Wildman–Crippen MR) is 82.4 cm³/mol. The molecule has 0 fully saturated rings. The first-order valence-corrected chi connectivity index (χ1v) is 7.00. The van der Waals surface area contributed by atoms with Crippen LogP contribution in [0.25, 0.3) is 11.4 Å². The average Bonchev–Trinajstić information content (AvgIpc) is 2.84. The second kappa shape index (κ2) is 6.57. The fourth-order valence-corrected chi connectivity index (χ4v) is 1.96. The monoisotopic (exact) mass is 304 g/mol. The number of anilines is 1. The van der Waals surface area contributed by atoms with Crippen LogP contribution in [0.2, 0.25) is 0 Å². The minimum Gasteiger partial charge on any atom is -0.396 e. The summed E-state index contributed by atoms with van der Waals surface area (Å²) in [6.07, 6.45) is 0.475. The molecule has 0 spiro atoms. The van der Waals surface area contributed by atoms with Crippen molar-refractivity contribution in [3.8, 4) is 11.4 Å². The molecule has 0 aliphatic heterocycles. The molecule has 0 bridgehead atoms. The standard InChI is InChI=1S/C15H20N4O3/c1-10-16-13(19-22-10)11-5-4-6-12(9-11)17-14(21)18-15(2,3)7-8-20/h4-6,9,20H,7-8H2,1-3H3,(H2,17,18,21). The molecular formula is C15H20N4O3. The lowest BCUT2D eigenvalue weighted by molar-refractivity contribution is 0.218. The molecule has 0 saturated carbocycles. The quantitative estimate of drug-likeness (QED) is 0.787. The van der Waals surface area contributed by atoms with Gasteiger partial charge in [-0.05, 0) is 32.4 Å². The zero-order valence-corrected chi connectivity index (χ0v) is 12.9. The summed E-state index contributed by atoms with van der Waals surface area (Å²) in [4.78, 5) is 16.2. The first-order valence-electron chi connectivity index (χ1n) is 7.00. The van der Waals surface area contributed by atoms with Crippen molar-refractivity contribution >= 4 is 11.7 Å². The minimum absolute atomic E-state index is 0.0138. The van der Waals surface area contributed by atoms with Crippen molar-refractivity contribution in [1.29, 1.82) is 0 Å².